The van der Waals surface area contributed by atoms with Crippen molar-refractivity contribution in [1.29, 1.82) is 0 Å². The van der Waals surface area contributed by atoms with E-state index in [9.17, 15) is 4.39 Å². The largest absolute Gasteiger partial charge is 0.491 e. The van der Waals surface area contributed by atoms with Crippen LogP contribution < -0.4 is 4.74 Å². The molecule has 0 spiro atoms. The molecule has 0 aromatic heterocycles. The monoisotopic (exact) mass is 276 g/mol. The summed E-state index contributed by atoms with van der Waals surface area (Å²) in [6, 6.07) is 4.72. The zero-order valence-corrected chi connectivity index (χ0v) is 9.96. The molecule has 15 heavy (non-hydrogen) atoms. The van der Waals surface area contributed by atoms with Crippen molar-refractivity contribution < 1.29 is 14.2 Å². The molecule has 0 aliphatic heterocycles. The molecule has 1 aromatic carbocycles. The lowest BCUT2D eigenvalue weighted by Gasteiger charge is -2.06. The van der Waals surface area contributed by atoms with Gasteiger partial charge >= 0.3 is 0 Å². The topological polar surface area (TPSA) is 29.5 Å². The lowest BCUT2D eigenvalue weighted by molar-refractivity contribution is 0.261. The maximum atomic E-state index is 13.2. The van der Waals surface area contributed by atoms with Crippen LogP contribution in [0.2, 0.25) is 0 Å². The van der Waals surface area contributed by atoms with E-state index in [1.165, 1.54) is 6.07 Å². The first-order chi connectivity index (χ1) is 7.24. The summed E-state index contributed by atoms with van der Waals surface area (Å²) in [5.74, 6) is -0.0752. The Hall–Kier alpha value is -0.610. The Bertz CT molecular complexity index is 305. The van der Waals surface area contributed by atoms with E-state index in [-0.39, 0.29) is 18.2 Å². The minimum absolute atomic E-state index is 0.201. The maximum Gasteiger partial charge on any atom is 0.166 e. The number of benzene rings is 1. The Morgan fingerprint density at radius 3 is 2.73 bits per heavy atom. The second-order valence-corrected chi connectivity index (χ2v) is 4.12. The van der Waals surface area contributed by atoms with Gasteiger partial charge < -0.3 is 9.84 Å². The van der Waals surface area contributed by atoms with Gasteiger partial charge in [-0.15, -0.1) is 0 Å². The highest BCUT2D eigenvalue weighted by Gasteiger charge is 2.02. The summed E-state index contributed by atoms with van der Waals surface area (Å²) >= 11 is 3.18. The van der Waals surface area contributed by atoms with Gasteiger partial charge in [-0.1, -0.05) is 15.9 Å². The van der Waals surface area contributed by atoms with Crippen molar-refractivity contribution in [2.45, 2.75) is 19.3 Å². The molecule has 0 radical (unpaired) electrons. The molecular formula is C11H14BrFO2. The number of aliphatic hydroxyl groups excluding tert-OH is 1. The maximum absolute atomic E-state index is 13.2. The highest BCUT2D eigenvalue weighted by atomic mass is 79.9. The quantitative estimate of drug-likeness (QED) is 0.809. The van der Waals surface area contributed by atoms with Crippen LogP contribution in [0.15, 0.2) is 22.7 Å². The number of ether oxygens (including phenoxy) is 1. The molecule has 4 heteroatoms. The number of rotatable bonds is 6. The Labute approximate surface area is 97.2 Å². The molecule has 84 valence electrons. The van der Waals surface area contributed by atoms with Crippen LogP contribution in [0.5, 0.6) is 5.75 Å². The van der Waals surface area contributed by atoms with Crippen LogP contribution in [0.1, 0.15) is 19.3 Å². The van der Waals surface area contributed by atoms with Crippen LogP contribution in [0.25, 0.3) is 0 Å². The fourth-order valence-corrected chi connectivity index (χ4v) is 1.50. The van der Waals surface area contributed by atoms with Crippen molar-refractivity contribution >= 4 is 15.9 Å². The Kier molecular flexibility index (Phi) is 5.65. The minimum atomic E-state index is -0.355. The lowest BCUT2D eigenvalue weighted by atomic mass is 10.2. The van der Waals surface area contributed by atoms with Gasteiger partial charge in [0.2, 0.25) is 0 Å². The van der Waals surface area contributed by atoms with Crippen molar-refractivity contribution in [2.75, 3.05) is 13.2 Å². The SMILES string of the molecule is OCCCCCOc1ccc(Br)cc1F. The first-order valence-corrected chi connectivity index (χ1v) is 5.72. The highest BCUT2D eigenvalue weighted by molar-refractivity contribution is 9.10. The van der Waals surface area contributed by atoms with Crippen LogP contribution in [-0.2, 0) is 0 Å². The predicted octanol–water partition coefficient (Wildman–Crippen LogP) is 3.13. The van der Waals surface area contributed by atoms with Gasteiger partial charge in [0.1, 0.15) is 0 Å². The van der Waals surface area contributed by atoms with Crippen molar-refractivity contribution in [1.82, 2.24) is 0 Å². The summed E-state index contributed by atoms with van der Waals surface area (Å²) in [6.07, 6.45) is 2.50. The average molecular weight is 277 g/mol. The van der Waals surface area contributed by atoms with E-state index >= 15 is 0 Å². The third-order valence-corrected chi connectivity index (χ3v) is 2.45. The predicted molar refractivity (Wildman–Crippen MR) is 60.5 cm³/mol. The lowest BCUT2D eigenvalue weighted by Crippen LogP contribution is -1.99. The molecule has 0 aliphatic rings. The molecule has 2 nitrogen and oxygen atoms in total. The van der Waals surface area contributed by atoms with Crippen molar-refractivity contribution in [3.63, 3.8) is 0 Å². The van der Waals surface area contributed by atoms with Gasteiger partial charge in [0, 0.05) is 11.1 Å². The highest BCUT2D eigenvalue weighted by Crippen LogP contribution is 2.21. The van der Waals surface area contributed by atoms with Crippen LogP contribution in [0.3, 0.4) is 0 Å². The summed E-state index contributed by atoms with van der Waals surface area (Å²) in [5.41, 5.74) is 0. The average Bonchev–Trinajstić information content (AvgIpc) is 2.20. The minimum Gasteiger partial charge on any atom is -0.491 e. The number of hydrogen-bond acceptors (Lipinski definition) is 2. The van der Waals surface area contributed by atoms with E-state index < -0.39 is 0 Å². The fraction of sp³-hybridized carbons (Fsp3) is 0.455. The molecule has 0 fully saturated rings. The molecule has 0 aliphatic carbocycles. The summed E-state index contributed by atoms with van der Waals surface area (Å²) in [6.45, 7) is 0.686. The fourth-order valence-electron chi connectivity index (χ4n) is 1.17. The van der Waals surface area contributed by atoms with E-state index in [2.05, 4.69) is 15.9 Å². The van der Waals surface area contributed by atoms with Crippen LogP contribution >= 0.6 is 15.9 Å². The van der Waals surface area contributed by atoms with Crippen LogP contribution in [0, 0.1) is 5.82 Å². The Balaban J connectivity index is 2.31. The van der Waals surface area contributed by atoms with Crippen LogP contribution in [-0.4, -0.2) is 18.3 Å². The third kappa shape index (κ3) is 4.62. The van der Waals surface area contributed by atoms with Gasteiger partial charge in [0.15, 0.2) is 11.6 Å². The van der Waals surface area contributed by atoms with E-state index in [4.69, 9.17) is 9.84 Å². The van der Waals surface area contributed by atoms with E-state index in [0.717, 1.165) is 19.3 Å². The molecule has 0 heterocycles. The molecule has 0 bridgehead atoms. The number of aliphatic hydroxyl groups is 1. The first kappa shape index (κ1) is 12.5. The van der Waals surface area contributed by atoms with Gasteiger partial charge in [-0.2, -0.15) is 0 Å². The standard InChI is InChI=1S/C11H14BrFO2/c12-9-4-5-11(10(13)8-9)15-7-3-1-2-6-14/h4-5,8,14H,1-3,6-7H2. The zero-order chi connectivity index (χ0) is 11.1. The summed E-state index contributed by atoms with van der Waals surface area (Å²) in [7, 11) is 0. The number of halogens is 2. The van der Waals surface area contributed by atoms with Crippen molar-refractivity contribution in [3.05, 3.63) is 28.5 Å². The van der Waals surface area contributed by atoms with Gasteiger partial charge in [0.05, 0.1) is 6.61 Å². The molecule has 1 rings (SSSR count). The van der Waals surface area contributed by atoms with Gasteiger partial charge in [-0.3, -0.25) is 0 Å². The molecule has 0 unspecified atom stereocenters. The first-order valence-electron chi connectivity index (χ1n) is 4.93. The molecule has 0 atom stereocenters. The molecule has 0 saturated heterocycles. The smallest absolute Gasteiger partial charge is 0.166 e. The van der Waals surface area contributed by atoms with E-state index in [0.29, 0.717) is 11.1 Å². The van der Waals surface area contributed by atoms with Gasteiger partial charge in [0.25, 0.3) is 0 Å². The van der Waals surface area contributed by atoms with Gasteiger partial charge in [-0.05, 0) is 37.5 Å². The summed E-state index contributed by atoms with van der Waals surface area (Å²) in [4.78, 5) is 0. The molecule has 1 N–H and O–H groups in total. The second-order valence-electron chi connectivity index (χ2n) is 3.21. The Morgan fingerprint density at radius 2 is 2.07 bits per heavy atom. The van der Waals surface area contributed by atoms with Gasteiger partial charge in [-0.25, -0.2) is 4.39 Å². The Morgan fingerprint density at radius 1 is 1.27 bits per heavy atom. The summed E-state index contributed by atoms with van der Waals surface area (Å²) < 4.78 is 19.2. The molecule has 0 amide bonds. The molecule has 1 aromatic rings. The van der Waals surface area contributed by atoms with Crippen molar-refractivity contribution in [2.24, 2.45) is 0 Å². The zero-order valence-electron chi connectivity index (χ0n) is 8.38. The normalized spacial score (nSPS) is 10.3. The van der Waals surface area contributed by atoms with Crippen molar-refractivity contribution in [3.8, 4) is 5.75 Å². The summed E-state index contributed by atoms with van der Waals surface area (Å²) in [5, 5.41) is 8.55. The van der Waals surface area contributed by atoms with E-state index in [1.54, 1.807) is 12.1 Å². The number of hydrogen-bond donors (Lipinski definition) is 1. The number of unbranched alkanes of at least 4 members (excludes halogenated alkanes) is 2. The van der Waals surface area contributed by atoms with Crippen LogP contribution in [0.4, 0.5) is 4.39 Å². The molecular weight excluding hydrogens is 263 g/mol. The second kappa shape index (κ2) is 6.80. The van der Waals surface area contributed by atoms with E-state index in [1.807, 2.05) is 0 Å². The molecule has 0 saturated carbocycles. The third-order valence-electron chi connectivity index (χ3n) is 1.95.